The summed E-state index contributed by atoms with van der Waals surface area (Å²) in [6.45, 7) is 2.53. The summed E-state index contributed by atoms with van der Waals surface area (Å²) in [6, 6.07) is 17.5. The van der Waals surface area contributed by atoms with E-state index in [-0.39, 0.29) is 11.9 Å². The molecule has 3 nitrogen and oxygen atoms in total. The summed E-state index contributed by atoms with van der Waals surface area (Å²) in [6.07, 6.45) is 0.712. The highest BCUT2D eigenvalue weighted by Crippen LogP contribution is 2.14. The van der Waals surface area contributed by atoms with Gasteiger partial charge in [0.05, 0.1) is 6.04 Å². The molecule has 0 saturated carbocycles. The first-order valence-electron chi connectivity index (χ1n) is 6.86. The van der Waals surface area contributed by atoms with E-state index >= 15 is 0 Å². The highest BCUT2D eigenvalue weighted by atomic mass is 16.1. The van der Waals surface area contributed by atoms with Crippen LogP contribution in [0.2, 0.25) is 0 Å². The van der Waals surface area contributed by atoms with Crippen molar-refractivity contribution in [1.29, 1.82) is 0 Å². The molecule has 0 fully saturated rings. The van der Waals surface area contributed by atoms with Crippen LogP contribution in [-0.4, -0.2) is 12.5 Å². The van der Waals surface area contributed by atoms with Crippen LogP contribution in [0.5, 0.6) is 0 Å². The SMILES string of the molecule is CC(NC(=O)c1ccccc1CCN)c1ccccc1. The van der Waals surface area contributed by atoms with Crippen molar-refractivity contribution in [3.8, 4) is 0 Å². The number of nitrogens with two attached hydrogens (primary N) is 1. The molecule has 0 saturated heterocycles. The highest BCUT2D eigenvalue weighted by Gasteiger charge is 2.13. The first-order valence-corrected chi connectivity index (χ1v) is 6.86. The van der Waals surface area contributed by atoms with Crippen molar-refractivity contribution in [2.75, 3.05) is 6.54 Å². The summed E-state index contributed by atoms with van der Waals surface area (Å²) in [5.74, 6) is -0.0506. The van der Waals surface area contributed by atoms with E-state index in [1.54, 1.807) is 0 Å². The van der Waals surface area contributed by atoms with Gasteiger partial charge in [-0.15, -0.1) is 0 Å². The molecule has 0 heterocycles. The number of carbonyl (C=O) groups is 1. The Bertz CT molecular complexity index is 566. The fraction of sp³-hybridized carbons (Fsp3) is 0.235. The molecular formula is C17H20N2O. The van der Waals surface area contributed by atoms with Crippen LogP contribution < -0.4 is 11.1 Å². The standard InChI is InChI=1S/C17H20N2O/c1-13(14-7-3-2-4-8-14)19-17(20)16-10-6-5-9-15(16)11-12-18/h2-10,13H,11-12,18H2,1H3,(H,19,20). The second-order valence-corrected chi connectivity index (χ2v) is 4.80. The lowest BCUT2D eigenvalue weighted by Crippen LogP contribution is -2.27. The first kappa shape index (κ1) is 14.3. The lowest BCUT2D eigenvalue weighted by molar-refractivity contribution is 0.0939. The molecule has 1 atom stereocenters. The normalized spacial score (nSPS) is 11.9. The average molecular weight is 268 g/mol. The molecule has 104 valence electrons. The van der Waals surface area contributed by atoms with Crippen LogP contribution in [0.4, 0.5) is 0 Å². The lowest BCUT2D eigenvalue weighted by Gasteiger charge is -2.16. The third-order valence-electron chi connectivity index (χ3n) is 3.32. The van der Waals surface area contributed by atoms with Gasteiger partial charge in [0.2, 0.25) is 0 Å². The monoisotopic (exact) mass is 268 g/mol. The van der Waals surface area contributed by atoms with Crippen LogP contribution in [0.3, 0.4) is 0 Å². The van der Waals surface area contributed by atoms with Crippen molar-refractivity contribution in [1.82, 2.24) is 5.32 Å². The van der Waals surface area contributed by atoms with Crippen LogP contribution in [0, 0.1) is 0 Å². The minimum absolute atomic E-state index is 0.0189. The Balaban J connectivity index is 2.12. The Morgan fingerprint density at radius 1 is 1.10 bits per heavy atom. The van der Waals surface area contributed by atoms with E-state index in [0.29, 0.717) is 18.5 Å². The average Bonchev–Trinajstić information content (AvgIpc) is 2.49. The van der Waals surface area contributed by atoms with Crippen LogP contribution in [0.15, 0.2) is 54.6 Å². The van der Waals surface area contributed by atoms with Gasteiger partial charge >= 0.3 is 0 Å². The molecule has 1 unspecified atom stereocenters. The minimum atomic E-state index is -0.0506. The van der Waals surface area contributed by atoms with Gasteiger partial charge in [-0.3, -0.25) is 4.79 Å². The summed E-state index contributed by atoms with van der Waals surface area (Å²) >= 11 is 0. The summed E-state index contributed by atoms with van der Waals surface area (Å²) in [5.41, 5.74) is 8.39. The largest absolute Gasteiger partial charge is 0.346 e. The molecule has 2 aromatic rings. The van der Waals surface area contributed by atoms with Crippen molar-refractivity contribution in [2.45, 2.75) is 19.4 Å². The van der Waals surface area contributed by atoms with Gasteiger partial charge in [-0.25, -0.2) is 0 Å². The van der Waals surface area contributed by atoms with Crippen molar-refractivity contribution < 1.29 is 4.79 Å². The zero-order valence-corrected chi connectivity index (χ0v) is 11.7. The number of nitrogens with one attached hydrogen (secondary N) is 1. The van der Waals surface area contributed by atoms with E-state index in [1.165, 1.54) is 0 Å². The van der Waals surface area contributed by atoms with Gasteiger partial charge < -0.3 is 11.1 Å². The van der Waals surface area contributed by atoms with Crippen LogP contribution in [-0.2, 0) is 6.42 Å². The van der Waals surface area contributed by atoms with Gasteiger partial charge in [0, 0.05) is 5.56 Å². The summed E-state index contributed by atoms with van der Waals surface area (Å²) < 4.78 is 0. The first-order chi connectivity index (χ1) is 9.72. The molecule has 0 aliphatic rings. The molecule has 2 rings (SSSR count). The molecule has 20 heavy (non-hydrogen) atoms. The predicted molar refractivity (Wildman–Crippen MR) is 81.5 cm³/mol. The van der Waals surface area contributed by atoms with Gasteiger partial charge in [0.25, 0.3) is 5.91 Å². The second kappa shape index (κ2) is 6.87. The van der Waals surface area contributed by atoms with Crippen LogP contribution >= 0.6 is 0 Å². The molecule has 0 bridgehead atoms. The minimum Gasteiger partial charge on any atom is -0.346 e. The Labute approximate surface area is 119 Å². The maximum absolute atomic E-state index is 12.4. The Kier molecular flexibility index (Phi) is 4.91. The zero-order chi connectivity index (χ0) is 14.4. The van der Waals surface area contributed by atoms with E-state index in [0.717, 1.165) is 11.1 Å². The number of benzene rings is 2. The van der Waals surface area contributed by atoms with Crippen molar-refractivity contribution in [3.63, 3.8) is 0 Å². The molecule has 3 N–H and O–H groups in total. The molecule has 0 aromatic heterocycles. The van der Waals surface area contributed by atoms with Crippen molar-refractivity contribution in [3.05, 3.63) is 71.3 Å². The molecule has 0 aliphatic heterocycles. The summed E-state index contributed by atoms with van der Waals surface area (Å²) in [5, 5.41) is 3.03. The Morgan fingerprint density at radius 3 is 2.45 bits per heavy atom. The Morgan fingerprint density at radius 2 is 1.75 bits per heavy atom. The summed E-state index contributed by atoms with van der Waals surface area (Å²) in [4.78, 5) is 12.4. The summed E-state index contributed by atoms with van der Waals surface area (Å²) in [7, 11) is 0. The molecule has 2 aromatic carbocycles. The third-order valence-corrected chi connectivity index (χ3v) is 3.32. The number of hydrogen-bond donors (Lipinski definition) is 2. The highest BCUT2D eigenvalue weighted by molar-refractivity contribution is 5.95. The van der Waals surface area contributed by atoms with Crippen molar-refractivity contribution in [2.24, 2.45) is 5.73 Å². The van der Waals surface area contributed by atoms with Crippen molar-refractivity contribution >= 4 is 5.91 Å². The number of rotatable bonds is 5. The molecule has 1 amide bonds. The Hall–Kier alpha value is -2.13. The predicted octanol–water partition coefficient (Wildman–Crippen LogP) is 2.68. The van der Waals surface area contributed by atoms with Gasteiger partial charge in [0.15, 0.2) is 0 Å². The zero-order valence-electron chi connectivity index (χ0n) is 11.7. The maximum Gasteiger partial charge on any atom is 0.252 e. The van der Waals surface area contributed by atoms with Crippen LogP contribution in [0.1, 0.15) is 34.5 Å². The lowest BCUT2D eigenvalue weighted by atomic mass is 10.0. The molecule has 0 aliphatic carbocycles. The smallest absolute Gasteiger partial charge is 0.252 e. The number of hydrogen-bond acceptors (Lipinski definition) is 2. The quantitative estimate of drug-likeness (QED) is 0.876. The molecule has 0 radical (unpaired) electrons. The van der Waals surface area contributed by atoms with E-state index < -0.39 is 0 Å². The number of amides is 1. The fourth-order valence-corrected chi connectivity index (χ4v) is 2.21. The molecular weight excluding hydrogens is 248 g/mol. The third kappa shape index (κ3) is 3.45. The maximum atomic E-state index is 12.4. The molecule has 0 spiro atoms. The van der Waals surface area contributed by atoms with Gasteiger partial charge in [0.1, 0.15) is 0 Å². The van der Waals surface area contributed by atoms with Crippen LogP contribution in [0.25, 0.3) is 0 Å². The van der Waals surface area contributed by atoms with E-state index in [1.807, 2.05) is 61.5 Å². The molecule has 3 heteroatoms. The van der Waals surface area contributed by atoms with E-state index in [9.17, 15) is 4.79 Å². The topological polar surface area (TPSA) is 55.1 Å². The van der Waals surface area contributed by atoms with E-state index in [2.05, 4.69) is 5.32 Å². The van der Waals surface area contributed by atoms with Gasteiger partial charge in [-0.05, 0) is 37.1 Å². The van der Waals surface area contributed by atoms with E-state index in [4.69, 9.17) is 5.73 Å². The second-order valence-electron chi connectivity index (χ2n) is 4.80. The fourth-order valence-electron chi connectivity index (χ4n) is 2.21. The van der Waals surface area contributed by atoms with Gasteiger partial charge in [-0.2, -0.15) is 0 Å². The number of carbonyl (C=O) groups excluding carboxylic acids is 1. The van der Waals surface area contributed by atoms with Gasteiger partial charge in [-0.1, -0.05) is 48.5 Å².